The van der Waals surface area contributed by atoms with Crippen molar-refractivity contribution in [2.24, 2.45) is 4.99 Å². The smallest absolute Gasteiger partial charge is 0.344 e. The number of nitrogens with zero attached hydrogens (tertiary/aromatic N) is 1. The quantitative estimate of drug-likeness (QED) is 0.806. The minimum atomic E-state index is -0.631. The average Bonchev–Trinajstić information content (AvgIpc) is 2.97. The lowest BCUT2D eigenvalue weighted by Gasteiger charge is -2.05. The van der Waals surface area contributed by atoms with Crippen LogP contribution < -0.4 is 4.74 Å². The molecule has 0 spiro atoms. The number of rotatable bonds is 4. The van der Waals surface area contributed by atoms with Crippen LogP contribution in [0.5, 0.6) is 5.75 Å². The molecule has 0 unspecified atom stereocenters. The first-order chi connectivity index (χ1) is 12.6. The van der Waals surface area contributed by atoms with Gasteiger partial charge in [0.15, 0.2) is 0 Å². The van der Waals surface area contributed by atoms with Crippen LogP contribution in [0.25, 0.3) is 6.08 Å². The molecule has 0 atom stereocenters. The van der Waals surface area contributed by atoms with Crippen LogP contribution in [-0.2, 0) is 9.53 Å². The SMILES string of the molecule is COC(=O)C1=C(O)C(=Cc2ccccc2OC)SC1=Nc1ccccc1. The number of methoxy groups -OCH3 is 2. The lowest BCUT2D eigenvalue weighted by atomic mass is 10.1. The molecular formula is C20H17NO4S. The van der Waals surface area contributed by atoms with E-state index >= 15 is 0 Å². The number of benzene rings is 2. The van der Waals surface area contributed by atoms with Crippen LogP contribution in [0.2, 0.25) is 0 Å². The van der Waals surface area contributed by atoms with Crippen LogP contribution in [-0.4, -0.2) is 30.3 Å². The monoisotopic (exact) mass is 367 g/mol. The number of ether oxygens (including phenoxy) is 2. The van der Waals surface area contributed by atoms with E-state index in [2.05, 4.69) is 4.99 Å². The molecule has 1 aliphatic heterocycles. The molecule has 0 radical (unpaired) electrons. The van der Waals surface area contributed by atoms with Crippen LogP contribution >= 0.6 is 11.8 Å². The van der Waals surface area contributed by atoms with E-state index in [-0.39, 0.29) is 11.3 Å². The van der Waals surface area contributed by atoms with Gasteiger partial charge in [-0.3, -0.25) is 0 Å². The molecule has 2 aromatic rings. The highest BCUT2D eigenvalue weighted by Gasteiger charge is 2.33. The van der Waals surface area contributed by atoms with Gasteiger partial charge in [0, 0.05) is 5.56 Å². The normalized spacial score (nSPS) is 17.0. The highest BCUT2D eigenvalue weighted by atomic mass is 32.2. The largest absolute Gasteiger partial charge is 0.506 e. The Balaban J connectivity index is 2.07. The fraction of sp³-hybridized carbons (Fsp3) is 0.100. The van der Waals surface area contributed by atoms with E-state index in [0.717, 1.165) is 5.56 Å². The maximum absolute atomic E-state index is 12.2. The Morgan fingerprint density at radius 2 is 1.77 bits per heavy atom. The first kappa shape index (κ1) is 17.8. The first-order valence-electron chi connectivity index (χ1n) is 7.82. The molecule has 0 aliphatic carbocycles. The average molecular weight is 367 g/mol. The Kier molecular flexibility index (Phi) is 5.43. The van der Waals surface area contributed by atoms with E-state index in [1.54, 1.807) is 13.2 Å². The summed E-state index contributed by atoms with van der Waals surface area (Å²) >= 11 is 1.21. The number of hydrogen-bond donors (Lipinski definition) is 1. The van der Waals surface area contributed by atoms with Gasteiger partial charge in [-0.2, -0.15) is 0 Å². The summed E-state index contributed by atoms with van der Waals surface area (Å²) in [6, 6.07) is 16.7. The van der Waals surface area contributed by atoms with Gasteiger partial charge in [0.25, 0.3) is 0 Å². The predicted molar refractivity (Wildman–Crippen MR) is 104 cm³/mol. The molecule has 1 heterocycles. The van der Waals surface area contributed by atoms with Gasteiger partial charge >= 0.3 is 5.97 Å². The Hall–Kier alpha value is -2.99. The lowest BCUT2D eigenvalue weighted by Crippen LogP contribution is -2.10. The van der Waals surface area contributed by atoms with E-state index in [9.17, 15) is 9.90 Å². The zero-order valence-corrected chi connectivity index (χ0v) is 15.1. The summed E-state index contributed by atoms with van der Waals surface area (Å²) in [4.78, 5) is 17.1. The third-order valence-corrected chi connectivity index (χ3v) is 4.71. The molecule has 1 N–H and O–H groups in total. The van der Waals surface area contributed by atoms with Gasteiger partial charge in [-0.15, -0.1) is 0 Å². The summed E-state index contributed by atoms with van der Waals surface area (Å²) in [6.07, 6.45) is 1.76. The van der Waals surface area contributed by atoms with Crippen molar-refractivity contribution in [1.82, 2.24) is 0 Å². The van der Waals surface area contributed by atoms with Crippen LogP contribution in [0.3, 0.4) is 0 Å². The molecular weight excluding hydrogens is 350 g/mol. The fourth-order valence-corrected chi connectivity index (χ4v) is 3.46. The molecule has 5 nitrogen and oxygen atoms in total. The van der Waals surface area contributed by atoms with Gasteiger partial charge in [0.05, 0.1) is 24.8 Å². The molecule has 0 aromatic heterocycles. The van der Waals surface area contributed by atoms with Crippen molar-refractivity contribution in [3.63, 3.8) is 0 Å². The van der Waals surface area contributed by atoms with E-state index in [0.29, 0.717) is 21.4 Å². The Morgan fingerprint density at radius 3 is 2.46 bits per heavy atom. The first-order valence-corrected chi connectivity index (χ1v) is 8.64. The highest BCUT2D eigenvalue weighted by molar-refractivity contribution is 8.18. The van der Waals surface area contributed by atoms with Crippen molar-refractivity contribution >= 4 is 34.5 Å². The summed E-state index contributed by atoms with van der Waals surface area (Å²) in [7, 11) is 2.85. The van der Waals surface area contributed by atoms with Crippen LogP contribution in [0.1, 0.15) is 5.56 Å². The van der Waals surface area contributed by atoms with Gasteiger partial charge in [-0.05, 0) is 24.3 Å². The number of aliphatic hydroxyl groups is 1. The van der Waals surface area contributed by atoms with Gasteiger partial charge in [0.1, 0.15) is 22.1 Å². The van der Waals surface area contributed by atoms with Gasteiger partial charge in [-0.25, -0.2) is 9.79 Å². The molecule has 0 amide bonds. The Bertz CT molecular complexity index is 916. The summed E-state index contributed by atoms with van der Waals surface area (Å²) in [5.41, 5.74) is 1.53. The zero-order valence-electron chi connectivity index (χ0n) is 14.3. The molecule has 0 fully saturated rings. The van der Waals surface area contributed by atoms with Crippen molar-refractivity contribution in [2.45, 2.75) is 0 Å². The highest BCUT2D eigenvalue weighted by Crippen LogP contribution is 2.40. The topological polar surface area (TPSA) is 68.1 Å². The van der Waals surface area contributed by atoms with Crippen molar-refractivity contribution in [3.05, 3.63) is 76.4 Å². The third kappa shape index (κ3) is 3.65. The maximum atomic E-state index is 12.2. The summed E-state index contributed by atoms with van der Waals surface area (Å²) in [5, 5.41) is 11.0. The Labute approximate surface area is 155 Å². The second-order valence-corrected chi connectivity index (χ2v) is 6.35. The second-order valence-electron chi connectivity index (χ2n) is 5.32. The van der Waals surface area contributed by atoms with Crippen LogP contribution in [0, 0.1) is 0 Å². The molecule has 0 saturated carbocycles. The number of aliphatic hydroxyl groups excluding tert-OH is 1. The fourth-order valence-electron chi connectivity index (χ4n) is 2.44. The number of para-hydroxylation sites is 2. The standard InChI is InChI=1S/C20H17NO4S/c1-24-15-11-7-6-8-13(15)12-16-18(22)17(20(23)25-2)19(26-16)21-14-9-4-3-5-10-14/h3-12,22H,1-2H3. The molecule has 132 valence electrons. The minimum absolute atomic E-state index is 0.0579. The van der Waals surface area contributed by atoms with Crippen molar-refractivity contribution in [1.29, 1.82) is 0 Å². The van der Waals surface area contributed by atoms with Gasteiger partial charge < -0.3 is 14.6 Å². The minimum Gasteiger partial charge on any atom is -0.506 e. The molecule has 6 heteroatoms. The summed E-state index contributed by atoms with van der Waals surface area (Å²) < 4.78 is 10.1. The number of carbonyl (C=O) groups excluding carboxylic acids is 1. The van der Waals surface area contributed by atoms with E-state index < -0.39 is 5.97 Å². The van der Waals surface area contributed by atoms with Crippen molar-refractivity contribution in [2.75, 3.05) is 14.2 Å². The van der Waals surface area contributed by atoms with Crippen molar-refractivity contribution in [3.8, 4) is 5.75 Å². The molecule has 2 aromatic carbocycles. The van der Waals surface area contributed by atoms with E-state index in [1.165, 1.54) is 18.9 Å². The van der Waals surface area contributed by atoms with Crippen LogP contribution in [0.15, 0.2) is 75.8 Å². The maximum Gasteiger partial charge on any atom is 0.344 e. The predicted octanol–water partition coefficient (Wildman–Crippen LogP) is 4.50. The molecule has 26 heavy (non-hydrogen) atoms. The number of aliphatic imine (C=N–C) groups is 1. The molecule has 1 aliphatic rings. The number of carbonyl (C=O) groups is 1. The Morgan fingerprint density at radius 1 is 1.08 bits per heavy atom. The van der Waals surface area contributed by atoms with Gasteiger partial charge in [-0.1, -0.05) is 48.2 Å². The number of hydrogen-bond acceptors (Lipinski definition) is 6. The second kappa shape index (κ2) is 7.93. The zero-order chi connectivity index (χ0) is 18.5. The number of thioether (sulfide) groups is 1. The third-order valence-electron chi connectivity index (χ3n) is 3.69. The summed E-state index contributed by atoms with van der Waals surface area (Å²) in [6.45, 7) is 0. The van der Waals surface area contributed by atoms with E-state index in [1.807, 2.05) is 54.6 Å². The molecule has 0 saturated heterocycles. The van der Waals surface area contributed by atoms with E-state index in [4.69, 9.17) is 9.47 Å². The van der Waals surface area contributed by atoms with Crippen LogP contribution in [0.4, 0.5) is 5.69 Å². The summed E-state index contributed by atoms with van der Waals surface area (Å²) in [5.74, 6) is -0.114. The molecule has 3 rings (SSSR count). The lowest BCUT2D eigenvalue weighted by molar-refractivity contribution is -0.135. The van der Waals surface area contributed by atoms with Crippen molar-refractivity contribution < 1.29 is 19.4 Å². The van der Waals surface area contributed by atoms with Gasteiger partial charge in [0.2, 0.25) is 0 Å². The number of esters is 1. The molecule has 0 bridgehead atoms.